The minimum Gasteiger partial charge on any atom is -0.457 e. The predicted molar refractivity (Wildman–Crippen MR) is 510 cm³/mol. The monoisotopic (exact) mass is 1640 g/mol. The summed E-state index contributed by atoms with van der Waals surface area (Å²) in [6.07, 6.45) is 88.0. The number of hydrogen-bond donors (Lipinski definition) is 0. The van der Waals surface area contributed by atoms with E-state index in [2.05, 4.69) is 153 Å². The molecule has 0 saturated heterocycles. The molecule has 7 rings (SSSR count). The van der Waals surface area contributed by atoms with Gasteiger partial charge in [0.15, 0.2) is 0 Å². The first-order valence-corrected chi connectivity index (χ1v) is 53.3. The fraction of sp³-hybridized carbons (Fsp3) is 0.702. The first kappa shape index (κ1) is 96.0. The molecule has 0 atom stereocenters. The van der Waals surface area contributed by atoms with E-state index in [-0.39, 0.29) is 5.97 Å². The van der Waals surface area contributed by atoms with Crippen LogP contribution in [-0.4, -0.2) is 5.97 Å². The number of hydrogen-bond acceptors (Lipinski definition) is 8. The topological polar surface area (TPSA) is 26.3 Å². The molecule has 0 radical (unpaired) electrons. The van der Waals surface area contributed by atoms with Crippen molar-refractivity contribution in [1.29, 1.82) is 0 Å². The lowest BCUT2D eigenvalue weighted by Gasteiger charge is -2.06. The third-order valence-corrected chi connectivity index (χ3v) is 31.8. The second-order valence-electron chi connectivity index (χ2n) is 34.3. The number of benzene rings is 1. The lowest BCUT2D eigenvalue weighted by molar-refractivity contribution is 0.0477. The quantitative estimate of drug-likeness (QED) is 0.0281. The van der Waals surface area contributed by atoms with Crippen LogP contribution in [0.3, 0.4) is 0 Å². The van der Waals surface area contributed by atoms with Crippen LogP contribution in [0.5, 0.6) is 0 Å². The second kappa shape index (κ2) is 63.0. The smallest absolute Gasteiger partial charge is 0.348 e. The average Bonchev–Trinajstić information content (AvgIpc) is 1.62. The predicted octanol–water partition coefficient (Wildman–Crippen LogP) is 38.5. The Morgan fingerprint density at radius 2 is 0.464 bits per heavy atom. The molecular formula is C104H164O2S6. The maximum atomic E-state index is 14.7. The lowest BCUT2D eigenvalue weighted by atomic mass is 10.0. The van der Waals surface area contributed by atoms with Crippen molar-refractivity contribution in [3.63, 3.8) is 0 Å². The van der Waals surface area contributed by atoms with Crippen LogP contribution in [0.2, 0.25) is 0 Å². The van der Waals surface area contributed by atoms with Crippen molar-refractivity contribution in [2.45, 2.75) is 472 Å². The van der Waals surface area contributed by atoms with Crippen molar-refractivity contribution in [3.05, 3.63) is 116 Å². The van der Waals surface area contributed by atoms with E-state index in [9.17, 15) is 4.79 Å². The molecule has 0 spiro atoms. The zero-order chi connectivity index (χ0) is 78.8. The summed E-state index contributed by atoms with van der Waals surface area (Å²) in [7, 11) is 0. The van der Waals surface area contributed by atoms with Crippen LogP contribution in [-0.2, 0) is 49.9 Å². The summed E-state index contributed by atoms with van der Waals surface area (Å²) in [5, 5.41) is 2.41. The Bertz CT molecular complexity index is 3390. The zero-order valence-corrected chi connectivity index (χ0v) is 78.0. The third kappa shape index (κ3) is 38.7. The fourth-order valence-electron chi connectivity index (χ4n) is 17.0. The van der Waals surface area contributed by atoms with Crippen molar-refractivity contribution in [1.82, 2.24) is 0 Å². The molecule has 112 heavy (non-hydrogen) atoms. The minimum atomic E-state index is -0.152. The van der Waals surface area contributed by atoms with E-state index < -0.39 is 0 Å². The van der Waals surface area contributed by atoms with Crippen molar-refractivity contribution < 1.29 is 9.53 Å². The number of esters is 1. The Balaban J connectivity index is 1.27. The highest BCUT2D eigenvalue weighted by Gasteiger charge is 2.26. The molecule has 0 N–H and O–H groups in total. The Kier molecular flexibility index (Phi) is 54.0. The highest BCUT2D eigenvalue weighted by Crippen LogP contribution is 2.52. The van der Waals surface area contributed by atoms with Gasteiger partial charge >= 0.3 is 5.97 Å². The van der Waals surface area contributed by atoms with Gasteiger partial charge in [0.25, 0.3) is 0 Å². The SMILES string of the molecule is CCCCCCCCCCCCc1cc(-c2sc(-c3sc(-c4sc(-c5sc(-c6sccc6CCCCCCCCCCCC)cc5CCCCCCCCCCCC)cc4CCCCCCCCCCCC)cc3CCCCCCCCCCCC)cc2CCCCCCCCCCCC)sc1C(=O)OCc1ccccc1. The number of rotatable bonds is 74. The molecule has 0 saturated carbocycles. The molecule has 0 unspecified atom stereocenters. The number of thiophene rings is 6. The number of aryl methyl sites for hydroxylation is 6. The highest BCUT2D eigenvalue weighted by molar-refractivity contribution is 7.31. The molecule has 0 amide bonds. The van der Waals surface area contributed by atoms with E-state index in [4.69, 9.17) is 4.74 Å². The molecular weight excluding hydrogens is 1470 g/mol. The van der Waals surface area contributed by atoms with Crippen LogP contribution in [0, 0.1) is 0 Å². The van der Waals surface area contributed by atoms with Crippen LogP contribution >= 0.6 is 68.0 Å². The molecule has 0 aliphatic rings. The van der Waals surface area contributed by atoms with E-state index in [1.54, 1.807) is 48.2 Å². The Hall–Kier alpha value is -3.11. The molecule has 0 bridgehead atoms. The van der Waals surface area contributed by atoms with E-state index in [0.717, 1.165) is 42.5 Å². The van der Waals surface area contributed by atoms with Crippen LogP contribution in [0.1, 0.15) is 475 Å². The molecule has 0 aliphatic heterocycles. The van der Waals surface area contributed by atoms with Gasteiger partial charge in [-0.2, -0.15) is 0 Å². The van der Waals surface area contributed by atoms with Gasteiger partial charge in [-0.05, 0) is 158 Å². The first-order chi connectivity index (χ1) is 55.4. The van der Waals surface area contributed by atoms with Crippen molar-refractivity contribution in [3.8, 4) is 48.8 Å². The van der Waals surface area contributed by atoms with Crippen LogP contribution in [0.4, 0.5) is 0 Å². The van der Waals surface area contributed by atoms with Gasteiger partial charge < -0.3 is 4.74 Å². The number of carbonyl (C=O) groups excluding carboxylic acids is 1. The number of unbranched alkanes of at least 4 members (excludes halogenated alkanes) is 54. The Labute approximate surface area is 714 Å². The minimum absolute atomic E-state index is 0.152. The first-order valence-electron chi connectivity index (χ1n) is 48.3. The summed E-state index contributed by atoms with van der Waals surface area (Å²) in [6, 6.07) is 26.1. The van der Waals surface area contributed by atoms with Gasteiger partial charge in [-0.1, -0.05) is 419 Å². The fourth-order valence-corrected chi connectivity index (χ4v) is 24.6. The summed E-state index contributed by atoms with van der Waals surface area (Å²) in [6.45, 7) is 14.3. The molecule has 628 valence electrons. The molecule has 0 aliphatic carbocycles. The summed E-state index contributed by atoms with van der Waals surface area (Å²) in [5.41, 5.74) is 10.1. The molecule has 6 aromatic heterocycles. The van der Waals surface area contributed by atoms with Crippen LogP contribution in [0.25, 0.3) is 48.8 Å². The van der Waals surface area contributed by atoms with Crippen LogP contribution < -0.4 is 0 Å². The van der Waals surface area contributed by atoms with Gasteiger partial charge in [0.1, 0.15) is 11.5 Å². The maximum absolute atomic E-state index is 14.7. The van der Waals surface area contributed by atoms with E-state index in [1.807, 2.05) is 17.4 Å². The van der Waals surface area contributed by atoms with Crippen molar-refractivity contribution >= 4 is 74.0 Å². The van der Waals surface area contributed by atoms with E-state index in [0.29, 0.717) is 6.61 Å². The van der Waals surface area contributed by atoms with Gasteiger partial charge in [0.05, 0.1) is 0 Å². The summed E-state index contributed by atoms with van der Waals surface area (Å²) in [5.74, 6) is -0.152. The molecule has 6 heterocycles. The van der Waals surface area contributed by atoms with Crippen molar-refractivity contribution in [2.24, 2.45) is 0 Å². The zero-order valence-electron chi connectivity index (χ0n) is 73.1. The normalized spacial score (nSPS) is 11.8. The summed E-state index contributed by atoms with van der Waals surface area (Å²) < 4.78 is 6.28. The van der Waals surface area contributed by atoms with Gasteiger partial charge in [0, 0.05) is 48.8 Å². The van der Waals surface area contributed by atoms with E-state index in [1.165, 1.54) is 437 Å². The van der Waals surface area contributed by atoms with Gasteiger partial charge in [0.2, 0.25) is 0 Å². The molecule has 0 fully saturated rings. The summed E-state index contributed by atoms with van der Waals surface area (Å²) in [4.78, 5) is 30.4. The summed E-state index contributed by atoms with van der Waals surface area (Å²) >= 11 is 12.3. The van der Waals surface area contributed by atoms with Gasteiger partial charge in [-0.3, -0.25) is 0 Å². The molecule has 7 aromatic rings. The van der Waals surface area contributed by atoms with Crippen LogP contribution in [0.15, 0.2) is 72.1 Å². The second-order valence-corrected chi connectivity index (χ2v) is 40.4. The van der Waals surface area contributed by atoms with Crippen molar-refractivity contribution in [2.75, 3.05) is 0 Å². The molecule has 2 nitrogen and oxygen atoms in total. The molecule has 8 heteroatoms. The standard InChI is InChI=1S/C104H164O2S6/c1-7-13-19-25-31-37-43-49-55-64-72-87-78-79-107-98(87)93-80-88(73-65-56-50-44-38-32-26-20-14-8-2)99(108-93)94-81-89(74-66-57-51-45-39-33-27-21-15-9-3)100(109-94)95-82-90(75-67-58-52-46-40-34-28-22-16-10-4)101(110-95)96-83-91(76-68-59-53-47-41-35-29-23-17-11-5)102(111-96)97-84-92(77-69-60-54-48-42-36-30-24-18-12-6)103(112-97)104(105)106-85-86-70-62-61-63-71-86/h61-63,70-71,78-84H,7-60,64-69,72-77,85H2,1-6H3. The largest absolute Gasteiger partial charge is 0.457 e. The molecule has 1 aromatic carbocycles. The van der Waals surface area contributed by atoms with Gasteiger partial charge in [-0.15, -0.1) is 68.0 Å². The van der Waals surface area contributed by atoms with Gasteiger partial charge in [-0.25, -0.2) is 4.79 Å². The highest BCUT2D eigenvalue weighted by atomic mass is 32.1. The van der Waals surface area contributed by atoms with E-state index >= 15 is 0 Å². The maximum Gasteiger partial charge on any atom is 0.348 e. The number of ether oxygens (including phenoxy) is 1. The third-order valence-electron chi connectivity index (χ3n) is 24.1. The Morgan fingerprint density at radius 3 is 0.741 bits per heavy atom. The Morgan fingerprint density at radius 1 is 0.241 bits per heavy atom. The average molecular weight is 1640 g/mol. The lowest BCUT2D eigenvalue weighted by Crippen LogP contribution is -2.05. The number of carbonyl (C=O) groups is 1.